The molecule has 1 atom stereocenters. The van der Waals surface area contributed by atoms with Crippen molar-refractivity contribution in [3.8, 4) is 11.7 Å². The second-order valence-corrected chi connectivity index (χ2v) is 17.4. The summed E-state index contributed by atoms with van der Waals surface area (Å²) in [7, 11) is 2.07. The van der Waals surface area contributed by atoms with Crippen LogP contribution in [0.2, 0.25) is 5.15 Å². The maximum Gasteiger partial charge on any atom is 0.410 e. The van der Waals surface area contributed by atoms with Gasteiger partial charge in [0.05, 0.1) is 12.2 Å². The summed E-state index contributed by atoms with van der Waals surface area (Å²) >= 11 is 7.67. The fourth-order valence-electron chi connectivity index (χ4n) is 7.45. The Kier molecular flexibility index (Phi) is 11.6. The molecule has 1 N–H and O–H groups in total. The number of aromatic nitrogens is 3. The third kappa shape index (κ3) is 10.2. The van der Waals surface area contributed by atoms with Crippen molar-refractivity contribution in [2.75, 3.05) is 26.7 Å². The zero-order chi connectivity index (χ0) is 36.3. The van der Waals surface area contributed by atoms with Crippen LogP contribution in [-0.2, 0) is 4.74 Å². The Morgan fingerprint density at radius 1 is 1.16 bits per heavy atom. The number of allylic oxidation sites excluding steroid dienone is 1. The molecule has 4 heterocycles. The lowest BCUT2D eigenvalue weighted by molar-refractivity contribution is 0.0130. The summed E-state index contributed by atoms with van der Waals surface area (Å²) in [4.78, 5) is 39.2. The van der Waals surface area contributed by atoms with Crippen LogP contribution in [0.3, 0.4) is 0 Å². The van der Waals surface area contributed by atoms with Crippen LogP contribution < -0.4 is 9.46 Å². The Labute approximate surface area is 312 Å². The van der Waals surface area contributed by atoms with Gasteiger partial charge in [-0.15, -0.1) is 5.10 Å². The smallest absolute Gasteiger partial charge is 0.410 e. The molecule has 2 aliphatic heterocycles. The zero-order valence-corrected chi connectivity index (χ0v) is 32.6. The van der Waals surface area contributed by atoms with Crippen LogP contribution >= 0.6 is 23.5 Å². The summed E-state index contributed by atoms with van der Waals surface area (Å²) < 4.78 is 16.1. The highest BCUT2D eigenvalue weighted by atomic mass is 35.5. The molecule has 2 aromatic heterocycles. The zero-order valence-electron chi connectivity index (χ0n) is 31.0. The molecule has 4 aliphatic rings. The van der Waals surface area contributed by atoms with Crippen LogP contribution in [-0.4, -0.2) is 80.3 Å². The number of hydrogen-bond acceptors (Lipinski definition) is 9. The SMILES string of the molecule is CN(CCCC1CN(C(=O)OC(C)(C)C)C(C)(C)C1)C1=NC(SNC(=O)c2ccc(-n3ccc(OCCC(C4CC4)C4CC4)n3)nc2Cl)=CCC1. The molecule has 0 radical (unpaired) electrons. The second-order valence-electron chi connectivity index (χ2n) is 16.3. The second kappa shape index (κ2) is 15.8. The van der Waals surface area contributed by atoms with Crippen molar-refractivity contribution in [2.24, 2.45) is 28.7 Å². The van der Waals surface area contributed by atoms with Gasteiger partial charge < -0.3 is 19.3 Å². The summed E-state index contributed by atoms with van der Waals surface area (Å²) in [5, 5.41) is 5.36. The number of amides is 2. The van der Waals surface area contributed by atoms with Crippen LogP contribution in [0.1, 0.15) is 109 Å². The van der Waals surface area contributed by atoms with E-state index in [2.05, 4.69) is 40.6 Å². The summed E-state index contributed by atoms with van der Waals surface area (Å²) in [5.74, 6) is 4.78. The number of nitrogens with one attached hydrogen (secondary N) is 1. The first kappa shape index (κ1) is 37.5. The number of nitrogens with zero attached hydrogens (tertiary/aromatic N) is 6. The average molecular weight is 740 g/mol. The van der Waals surface area contributed by atoms with Crippen molar-refractivity contribution >= 4 is 41.4 Å². The average Bonchev–Trinajstić information content (AvgIpc) is 4.01. The van der Waals surface area contributed by atoms with E-state index in [0.717, 1.165) is 80.2 Å². The number of ether oxygens (including phenoxy) is 2. The van der Waals surface area contributed by atoms with E-state index in [4.69, 9.17) is 26.1 Å². The Morgan fingerprint density at radius 2 is 1.90 bits per heavy atom. The van der Waals surface area contributed by atoms with Crippen molar-refractivity contribution in [1.82, 2.24) is 29.3 Å². The summed E-state index contributed by atoms with van der Waals surface area (Å²) in [6.45, 7) is 12.2. The number of carbonyl (C=O) groups excluding carboxylic acids is 2. The molecule has 2 saturated carbocycles. The fourth-order valence-corrected chi connectivity index (χ4v) is 8.35. The van der Waals surface area contributed by atoms with Gasteiger partial charge in [-0.1, -0.05) is 11.6 Å². The van der Waals surface area contributed by atoms with Gasteiger partial charge in [-0.3, -0.25) is 9.52 Å². The Balaban J connectivity index is 0.937. The molecule has 6 rings (SSSR count). The van der Waals surface area contributed by atoms with Gasteiger partial charge in [0.1, 0.15) is 21.6 Å². The van der Waals surface area contributed by atoms with Gasteiger partial charge in [-0.2, -0.15) is 0 Å². The van der Waals surface area contributed by atoms with Crippen molar-refractivity contribution in [1.29, 1.82) is 0 Å². The maximum absolute atomic E-state index is 13.1. The lowest BCUT2D eigenvalue weighted by atomic mass is 9.93. The minimum Gasteiger partial charge on any atom is -0.477 e. The number of aliphatic imine (C=N–C) groups is 1. The first-order chi connectivity index (χ1) is 24.3. The minimum absolute atomic E-state index is 0.0988. The van der Waals surface area contributed by atoms with Crippen LogP contribution in [0, 0.1) is 23.7 Å². The molecule has 51 heavy (non-hydrogen) atoms. The predicted octanol–water partition coefficient (Wildman–Crippen LogP) is 8.29. The Hall–Kier alpha value is -3.25. The first-order valence-corrected chi connectivity index (χ1v) is 19.8. The third-order valence-electron chi connectivity index (χ3n) is 10.3. The van der Waals surface area contributed by atoms with Crippen LogP contribution in [0.25, 0.3) is 5.82 Å². The molecule has 0 spiro atoms. The molecular formula is C38H54ClN7O4S. The van der Waals surface area contributed by atoms with E-state index in [1.807, 2.05) is 37.8 Å². The molecule has 2 amide bonds. The van der Waals surface area contributed by atoms with Crippen LogP contribution in [0.15, 0.2) is 40.5 Å². The number of rotatable bonds is 14. The van der Waals surface area contributed by atoms with E-state index >= 15 is 0 Å². The fraction of sp³-hybridized carbons (Fsp3) is 0.658. The third-order valence-corrected chi connectivity index (χ3v) is 11.4. The van der Waals surface area contributed by atoms with Gasteiger partial charge in [0, 0.05) is 56.3 Å². The van der Waals surface area contributed by atoms with Crippen LogP contribution in [0.4, 0.5) is 4.79 Å². The van der Waals surface area contributed by atoms with Crippen LogP contribution in [0.5, 0.6) is 5.88 Å². The van der Waals surface area contributed by atoms with E-state index in [1.165, 1.54) is 37.6 Å². The maximum atomic E-state index is 13.1. The number of hydrogen-bond donors (Lipinski definition) is 1. The Bertz CT molecular complexity index is 1620. The molecule has 13 heteroatoms. The van der Waals surface area contributed by atoms with E-state index in [-0.39, 0.29) is 28.3 Å². The molecule has 2 aromatic rings. The number of halogens is 1. The van der Waals surface area contributed by atoms with Crippen molar-refractivity contribution < 1.29 is 19.1 Å². The van der Waals surface area contributed by atoms with Gasteiger partial charge in [0.25, 0.3) is 5.91 Å². The van der Waals surface area contributed by atoms with Gasteiger partial charge in [0.15, 0.2) is 5.82 Å². The molecule has 3 fully saturated rings. The lowest BCUT2D eigenvalue weighted by Crippen LogP contribution is -2.45. The van der Waals surface area contributed by atoms with Crippen molar-refractivity contribution in [3.05, 3.63) is 46.2 Å². The van der Waals surface area contributed by atoms with Gasteiger partial charge in [-0.25, -0.2) is 19.5 Å². The van der Waals surface area contributed by atoms with Gasteiger partial charge >= 0.3 is 6.09 Å². The number of pyridine rings is 1. The first-order valence-electron chi connectivity index (χ1n) is 18.6. The van der Waals surface area contributed by atoms with E-state index < -0.39 is 5.60 Å². The highest BCUT2D eigenvalue weighted by molar-refractivity contribution is 8.01. The predicted molar refractivity (Wildman–Crippen MR) is 202 cm³/mol. The van der Waals surface area contributed by atoms with Gasteiger partial charge in [-0.05, 0) is 134 Å². The highest BCUT2D eigenvalue weighted by Gasteiger charge is 2.43. The molecule has 0 bridgehead atoms. The monoisotopic (exact) mass is 739 g/mol. The normalized spacial score (nSPS) is 20.2. The summed E-state index contributed by atoms with van der Waals surface area (Å²) in [6.07, 6.45) is 14.9. The van der Waals surface area contributed by atoms with Crippen molar-refractivity contribution in [3.63, 3.8) is 0 Å². The van der Waals surface area contributed by atoms with E-state index in [9.17, 15) is 9.59 Å². The Morgan fingerprint density at radius 3 is 2.59 bits per heavy atom. The quantitative estimate of drug-likeness (QED) is 0.152. The van der Waals surface area contributed by atoms with Crippen molar-refractivity contribution in [2.45, 2.75) is 110 Å². The molecule has 2 aliphatic carbocycles. The van der Waals surface area contributed by atoms with E-state index in [1.54, 1.807) is 23.0 Å². The summed E-state index contributed by atoms with van der Waals surface area (Å²) in [6, 6.07) is 5.22. The highest BCUT2D eigenvalue weighted by Crippen LogP contribution is 2.50. The molecule has 11 nitrogen and oxygen atoms in total. The van der Waals surface area contributed by atoms with E-state index in [0.29, 0.717) is 24.2 Å². The number of amidine groups is 1. The molecular weight excluding hydrogens is 686 g/mol. The molecule has 1 saturated heterocycles. The number of carbonyl (C=O) groups is 2. The minimum atomic E-state index is -0.506. The topological polar surface area (TPSA) is 114 Å². The molecule has 278 valence electrons. The standard InChI is InChI=1S/C38H54ClN7O4S/c1-37(2,3)50-36(48)45-24-25(23-38(45,4)5)9-8-20-44(6)30-10-7-11-33(40-30)51-43-35(47)29-16-17-31(41-34(29)39)46-21-18-32(42-46)49-22-19-28(26-12-13-26)27-14-15-27/h11,16-18,21,25-28H,7-10,12-15,19-20,22-24H2,1-6H3,(H,43,47). The largest absolute Gasteiger partial charge is 0.477 e. The molecule has 1 unspecified atom stereocenters. The molecule has 0 aromatic carbocycles. The number of likely N-dealkylation sites (tertiary alicyclic amines) is 1. The van der Waals surface area contributed by atoms with Gasteiger partial charge in [0.2, 0.25) is 5.88 Å². The summed E-state index contributed by atoms with van der Waals surface area (Å²) in [5.41, 5.74) is -0.447. The lowest BCUT2D eigenvalue weighted by Gasteiger charge is -2.33.